The first kappa shape index (κ1) is 17.1. The number of ether oxygens (including phenoxy) is 1. The third-order valence-electron chi connectivity index (χ3n) is 3.61. The van der Waals surface area contributed by atoms with E-state index in [-0.39, 0.29) is 5.91 Å². The minimum atomic E-state index is 0.0109. The van der Waals surface area contributed by atoms with Crippen molar-refractivity contribution in [3.63, 3.8) is 0 Å². The first-order chi connectivity index (χ1) is 10.5. The van der Waals surface area contributed by atoms with Crippen LogP contribution in [-0.2, 0) is 4.79 Å². The summed E-state index contributed by atoms with van der Waals surface area (Å²) in [6.07, 6.45) is 2.70. The molecule has 2 N–H and O–H groups in total. The predicted octanol–water partition coefficient (Wildman–Crippen LogP) is 2.36. The lowest BCUT2D eigenvalue weighted by Gasteiger charge is -2.14. The number of benzene rings is 1. The Balaban J connectivity index is 1.84. The summed E-state index contributed by atoms with van der Waals surface area (Å²) in [5.41, 5.74) is 0.702. The molecule has 0 radical (unpaired) electrons. The minimum Gasteiger partial charge on any atom is -0.491 e. The van der Waals surface area contributed by atoms with E-state index >= 15 is 0 Å². The molecule has 1 amide bonds. The maximum absolute atomic E-state index is 12.0. The van der Waals surface area contributed by atoms with Crippen LogP contribution in [0.2, 0.25) is 5.02 Å². The molecule has 122 valence electrons. The van der Waals surface area contributed by atoms with Gasteiger partial charge >= 0.3 is 0 Å². The van der Waals surface area contributed by atoms with Gasteiger partial charge in [0.15, 0.2) is 0 Å². The van der Waals surface area contributed by atoms with Gasteiger partial charge in [-0.05, 0) is 51.7 Å². The fourth-order valence-corrected chi connectivity index (χ4v) is 2.64. The van der Waals surface area contributed by atoms with Crippen LogP contribution in [-0.4, -0.2) is 50.6 Å². The van der Waals surface area contributed by atoms with Crippen LogP contribution in [0.1, 0.15) is 19.3 Å². The summed E-state index contributed by atoms with van der Waals surface area (Å²) >= 11 is 6.20. The van der Waals surface area contributed by atoms with Gasteiger partial charge in [-0.3, -0.25) is 4.79 Å². The normalized spacial score (nSPS) is 17.7. The lowest BCUT2D eigenvalue weighted by molar-refractivity contribution is -0.116. The Morgan fingerprint density at radius 1 is 1.50 bits per heavy atom. The van der Waals surface area contributed by atoms with Gasteiger partial charge in [0.1, 0.15) is 12.4 Å². The second-order valence-corrected chi connectivity index (χ2v) is 6.25. The highest BCUT2D eigenvalue weighted by molar-refractivity contribution is 6.32. The summed E-state index contributed by atoms with van der Waals surface area (Å²) in [4.78, 5) is 14.0. The van der Waals surface area contributed by atoms with E-state index in [4.69, 9.17) is 16.3 Å². The van der Waals surface area contributed by atoms with Gasteiger partial charge in [0.2, 0.25) is 5.91 Å². The Hall–Kier alpha value is -1.30. The molecule has 0 aromatic heterocycles. The second-order valence-electron chi connectivity index (χ2n) is 5.84. The first-order valence-corrected chi connectivity index (χ1v) is 8.02. The zero-order chi connectivity index (χ0) is 15.9. The van der Waals surface area contributed by atoms with Crippen LogP contribution in [0.25, 0.3) is 0 Å². The molecule has 1 saturated heterocycles. The van der Waals surface area contributed by atoms with Gasteiger partial charge in [0.05, 0.1) is 5.02 Å². The fourth-order valence-electron chi connectivity index (χ4n) is 2.40. The molecule has 22 heavy (non-hydrogen) atoms. The van der Waals surface area contributed by atoms with E-state index in [9.17, 15) is 4.79 Å². The molecule has 2 rings (SSSR count). The number of carbonyl (C=O) groups is 1. The van der Waals surface area contributed by atoms with Gasteiger partial charge in [0.25, 0.3) is 0 Å². The number of likely N-dealkylation sites (N-methyl/N-ethyl adjacent to an activating group) is 1. The Bertz CT molecular complexity index is 502. The van der Waals surface area contributed by atoms with E-state index in [2.05, 4.69) is 10.6 Å². The smallest absolute Gasteiger partial charge is 0.225 e. The van der Waals surface area contributed by atoms with Gasteiger partial charge in [-0.2, -0.15) is 0 Å². The fraction of sp³-hybridized carbons (Fsp3) is 0.562. The molecule has 6 heteroatoms. The molecule has 1 aromatic carbocycles. The predicted molar refractivity (Wildman–Crippen MR) is 89.8 cm³/mol. The Kier molecular flexibility index (Phi) is 6.49. The maximum atomic E-state index is 12.0. The van der Waals surface area contributed by atoms with Crippen LogP contribution in [0.5, 0.6) is 5.75 Å². The monoisotopic (exact) mass is 325 g/mol. The van der Waals surface area contributed by atoms with Crippen LogP contribution in [0.3, 0.4) is 0 Å². The number of carbonyl (C=O) groups excluding carboxylic acids is 1. The SMILES string of the molecule is CN(C)CCOc1ccc(NC(=O)CC2CCCN2)cc1Cl. The zero-order valence-electron chi connectivity index (χ0n) is 13.2. The van der Waals surface area contributed by atoms with Crippen LogP contribution < -0.4 is 15.4 Å². The molecule has 0 bridgehead atoms. The Morgan fingerprint density at radius 2 is 2.32 bits per heavy atom. The molecule has 1 aliphatic rings. The van der Waals surface area contributed by atoms with Crippen molar-refractivity contribution in [2.45, 2.75) is 25.3 Å². The van der Waals surface area contributed by atoms with Crippen molar-refractivity contribution in [3.05, 3.63) is 23.2 Å². The van der Waals surface area contributed by atoms with Gasteiger partial charge < -0.3 is 20.3 Å². The summed E-state index contributed by atoms with van der Waals surface area (Å²) in [6.45, 7) is 2.40. The summed E-state index contributed by atoms with van der Waals surface area (Å²) in [5, 5.41) is 6.71. The van der Waals surface area contributed by atoms with Crippen LogP contribution in [0, 0.1) is 0 Å². The summed E-state index contributed by atoms with van der Waals surface area (Å²) in [6, 6.07) is 5.63. The largest absolute Gasteiger partial charge is 0.491 e. The molecule has 1 fully saturated rings. The number of amides is 1. The van der Waals surface area contributed by atoms with Crippen molar-refractivity contribution in [3.8, 4) is 5.75 Å². The first-order valence-electron chi connectivity index (χ1n) is 7.65. The second kappa shape index (κ2) is 8.36. The van der Waals surface area contributed by atoms with E-state index in [0.717, 1.165) is 25.9 Å². The number of hydrogen-bond acceptors (Lipinski definition) is 4. The molecular weight excluding hydrogens is 302 g/mol. The van der Waals surface area contributed by atoms with Crippen LogP contribution in [0.15, 0.2) is 18.2 Å². The average Bonchev–Trinajstić information content (AvgIpc) is 2.93. The lowest BCUT2D eigenvalue weighted by Crippen LogP contribution is -2.27. The number of nitrogens with one attached hydrogen (secondary N) is 2. The van der Waals surface area contributed by atoms with Crippen molar-refractivity contribution in [2.24, 2.45) is 0 Å². The summed E-state index contributed by atoms with van der Waals surface area (Å²) in [5.74, 6) is 0.649. The van der Waals surface area contributed by atoms with Crippen LogP contribution in [0.4, 0.5) is 5.69 Å². The van der Waals surface area contributed by atoms with Gasteiger partial charge in [-0.1, -0.05) is 11.6 Å². The van der Waals surface area contributed by atoms with Crippen molar-refractivity contribution >= 4 is 23.2 Å². The molecule has 1 aliphatic heterocycles. The van der Waals surface area contributed by atoms with Crippen LogP contribution >= 0.6 is 11.6 Å². The number of nitrogens with zero attached hydrogens (tertiary/aromatic N) is 1. The molecule has 1 unspecified atom stereocenters. The van der Waals surface area contributed by atoms with Gasteiger partial charge in [-0.15, -0.1) is 0 Å². The third-order valence-corrected chi connectivity index (χ3v) is 3.90. The molecule has 1 atom stereocenters. The van der Waals surface area contributed by atoms with Crippen molar-refractivity contribution < 1.29 is 9.53 Å². The van der Waals surface area contributed by atoms with E-state index < -0.39 is 0 Å². The van der Waals surface area contributed by atoms with Crippen molar-refractivity contribution in [2.75, 3.05) is 39.1 Å². The standard InChI is InChI=1S/C16H24ClN3O2/c1-20(2)8-9-22-15-6-5-13(10-14(15)17)19-16(21)11-12-4-3-7-18-12/h5-6,10,12,18H,3-4,7-9,11H2,1-2H3,(H,19,21). The molecular formula is C16H24ClN3O2. The van der Waals surface area contributed by atoms with E-state index in [0.29, 0.717) is 35.5 Å². The van der Waals surface area contributed by atoms with Gasteiger partial charge in [0, 0.05) is 24.7 Å². The molecule has 0 saturated carbocycles. The zero-order valence-corrected chi connectivity index (χ0v) is 13.9. The highest BCUT2D eigenvalue weighted by Crippen LogP contribution is 2.27. The molecule has 5 nitrogen and oxygen atoms in total. The quantitative estimate of drug-likeness (QED) is 0.808. The maximum Gasteiger partial charge on any atom is 0.225 e. The minimum absolute atomic E-state index is 0.0109. The Labute approximate surface area is 137 Å². The molecule has 0 spiro atoms. The average molecular weight is 326 g/mol. The lowest BCUT2D eigenvalue weighted by atomic mass is 10.1. The highest BCUT2D eigenvalue weighted by Gasteiger charge is 2.17. The third kappa shape index (κ3) is 5.48. The van der Waals surface area contributed by atoms with Crippen molar-refractivity contribution in [1.29, 1.82) is 0 Å². The Morgan fingerprint density at radius 3 is 2.95 bits per heavy atom. The van der Waals surface area contributed by atoms with E-state index in [1.165, 1.54) is 0 Å². The number of halogens is 1. The summed E-state index contributed by atoms with van der Waals surface area (Å²) in [7, 11) is 3.98. The molecule has 1 aromatic rings. The number of anilines is 1. The molecule has 0 aliphatic carbocycles. The molecule has 1 heterocycles. The summed E-state index contributed by atoms with van der Waals surface area (Å²) < 4.78 is 5.62. The van der Waals surface area contributed by atoms with E-state index in [1.54, 1.807) is 12.1 Å². The van der Waals surface area contributed by atoms with E-state index in [1.807, 2.05) is 25.1 Å². The highest BCUT2D eigenvalue weighted by atomic mass is 35.5. The topological polar surface area (TPSA) is 53.6 Å². The number of hydrogen-bond donors (Lipinski definition) is 2. The van der Waals surface area contributed by atoms with Crippen molar-refractivity contribution in [1.82, 2.24) is 10.2 Å². The number of rotatable bonds is 7. The van der Waals surface area contributed by atoms with Gasteiger partial charge in [-0.25, -0.2) is 0 Å².